The molecule has 0 aliphatic carbocycles. The number of rotatable bonds is 5. The minimum Gasteiger partial charge on any atom is -0.309 e. The van der Waals surface area contributed by atoms with E-state index in [0.717, 1.165) is 45.1 Å². The molecule has 2 heterocycles. The van der Waals surface area contributed by atoms with Gasteiger partial charge in [-0.25, -0.2) is 15.0 Å². The molecule has 0 atom stereocenters. The van der Waals surface area contributed by atoms with Crippen LogP contribution in [0.15, 0.2) is 133 Å². The van der Waals surface area contributed by atoms with Gasteiger partial charge in [0, 0.05) is 33.2 Å². The zero-order valence-corrected chi connectivity index (χ0v) is 28.3. The van der Waals surface area contributed by atoms with E-state index in [4.69, 9.17) is 15.0 Å². The van der Waals surface area contributed by atoms with E-state index in [1.807, 2.05) is 103 Å². The van der Waals surface area contributed by atoms with Gasteiger partial charge in [-0.2, -0.15) is 26.3 Å². The predicted molar refractivity (Wildman–Crippen MR) is 195 cm³/mol. The first-order valence-electron chi connectivity index (χ1n) is 16.7. The van der Waals surface area contributed by atoms with Gasteiger partial charge in [-0.3, -0.25) is 0 Å². The van der Waals surface area contributed by atoms with E-state index in [0.29, 0.717) is 16.8 Å². The van der Waals surface area contributed by atoms with E-state index < -0.39 is 23.5 Å². The minimum absolute atomic E-state index is 0.0811. The Kier molecular flexibility index (Phi) is 8.13. The van der Waals surface area contributed by atoms with E-state index in [9.17, 15) is 26.3 Å². The van der Waals surface area contributed by atoms with Crippen molar-refractivity contribution < 1.29 is 26.3 Å². The summed E-state index contributed by atoms with van der Waals surface area (Å²) < 4.78 is 87.6. The van der Waals surface area contributed by atoms with Crippen LogP contribution in [0.3, 0.4) is 0 Å². The third-order valence-corrected chi connectivity index (χ3v) is 9.18. The van der Waals surface area contributed by atoms with E-state index in [-0.39, 0.29) is 40.2 Å². The first kappa shape index (κ1) is 33.8. The summed E-state index contributed by atoms with van der Waals surface area (Å²) in [6.45, 7) is 3.97. The first-order chi connectivity index (χ1) is 25.3. The second kappa shape index (κ2) is 12.7. The Hall–Kier alpha value is -6.29. The normalized spacial score (nSPS) is 12.2. The molecule has 262 valence electrons. The van der Waals surface area contributed by atoms with Crippen LogP contribution in [-0.4, -0.2) is 19.5 Å². The number of halogens is 6. The van der Waals surface area contributed by atoms with Crippen molar-refractivity contribution in [1.82, 2.24) is 19.5 Å². The fraction of sp³-hybridized carbons (Fsp3) is 0.0930. The molecule has 0 fully saturated rings. The van der Waals surface area contributed by atoms with Crippen molar-refractivity contribution in [3.63, 3.8) is 0 Å². The summed E-state index contributed by atoms with van der Waals surface area (Å²) in [5.74, 6) is 0.661. The molecule has 6 aromatic carbocycles. The lowest BCUT2D eigenvalue weighted by Gasteiger charge is -2.18. The third kappa shape index (κ3) is 6.41. The Bertz CT molecular complexity index is 2510. The second-order valence-electron chi connectivity index (χ2n) is 12.9. The minimum atomic E-state index is -5.05. The monoisotopic (exact) mass is 714 g/mol. The molecule has 2 aromatic heterocycles. The average Bonchev–Trinajstić information content (AvgIpc) is 3.46. The van der Waals surface area contributed by atoms with Crippen LogP contribution < -0.4 is 0 Å². The van der Waals surface area contributed by atoms with E-state index in [1.165, 1.54) is 0 Å². The fourth-order valence-electron chi connectivity index (χ4n) is 6.67. The smallest absolute Gasteiger partial charge is 0.309 e. The van der Waals surface area contributed by atoms with Crippen LogP contribution in [0.4, 0.5) is 26.3 Å². The highest BCUT2D eigenvalue weighted by Gasteiger charge is 2.37. The second-order valence-corrected chi connectivity index (χ2v) is 12.9. The van der Waals surface area contributed by atoms with Gasteiger partial charge in [0.25, 0.3) is 0 Å². The standard InChI is InChI=1S/C43H28F6N4/c1-25-13-17-37-35(19-25)36-20-26(2)14-18-38(36)53(37)32-15-16-33(34(24-32)29-21-30(42(44,45)46)23-31(22-29)43(47,48)49)41-51-39(27-9-5-3-6-10-27)50-40(52-41)28-11-7-4-8-12-28/h3-24H,1-2H3. The van der Waals surface area contributed by atoms with E-state index in [2.05, 4.69) is 12.1 Å². The number of fused-ring (bicyclic) bond motifs is 3. The molecule has 8 aromatic rings. The van der Waals surface area contributed by atoms with Crippen LogP contribution >= 0.6 is 0 Å². The molecule has 0 radical (unpaired) electrons. The predicted octanol–water partition coefficient (Wildman–Crippen LogP) is 12.3. The van der Waals surface area contributed by atoms with Gasteiger partial charge in [-0.1, -0.05) is 83.9 Å². The molecule has 0 bridgehead atoms. The van der Waals surface area contributed by atoms with Crippen LogP contribution in [0, 0.1) is 13.8 Å². The molecule has 0 saturated carbocycles. The van der Waals surface area contributed by atoms with Crippen molar-refractivity contribution in [1.29, 1.82) is 0 Å². The highest BCUT2D eigenvalue weighted by Crippen LogP contribution is 2.43. The van der Waals surface area contributed by atoms with Crippen molar-refractivity contribution >= 4 is 21.8 Å². The molecule has 0 aliphatic heterocycles. The molecular formula is C43H28F6N4. The van der Waals surface area contributed by atoms with Crippen molar-refractivity contribution in [2.24, 2.45) is 0 Å². The molecule has 0 saturated heterocycles. The lowest BCUT2D eigenvalue weighted by Crippen LogP contribution is -2.11. The maximum absolute atomic E-state index is 14.3. The summed E-state index contributed by atoms with van der Waals surface area (Å²) >= 11 is 0. The Labute approximate surface area is 300 Å². The number of hydrogen-bond acceptors (Lipinski definition) is 3. The van der Waals surface area contributed by atoms with Gasteiger partial charge < -0.3 is 4.57 Å². The molecule has 0 amide bonds. The van der Waals surface area contributed by atoms with Crippen molar-refractivity contribution in [2.45, 2.75) is 26.2 Å². The molecule has 0 spiro atoms. The van der Waals surface area contributed by atoms with Gasteiger partial charge in [0.1, 0.15) is 0 Å². The summed E-state index contributed by atoms with van der Waals surface area (Å²) in [6, 6.07) is 36.8. The fourth-order valence-corrected chi connectivity index (χ4v) is 6.67. The van der Waals surface area contributed by atoms with Crippen LogP contribution in [0.25, 0.3) is 72.8 Å². The quantitative estimate of drug-likeness (QED) is 0.167. The Morgan fingerprint density at radius 3 is 1.38 bits per heavy atom. The zero-order valence-electron chi connectivity index (χ0n) is 28.3. The van der Waals surface area contributed by atoms with E-state index >= 15 is 0 Å². The van der Waals surface area contributed by atoms with Crippen molar-refractivity contribution in [2.75, 3.05) is 0 Å². The van der Waals surface area contributed by atoms with Gasteiger partial charge >= 0.3 is 12.4 Å². The molecule has 53 heavy (non-hydrogen) atoms. The zero-order chi connectivity index (χ0) is 37.1. The molecule has 10 heteroatoms. The largest absolute Gasteiger partial charge is 0.416 e. The number of alkyl halides is 6. The Morgan fingerprint density at radius 1 is 0.434 bits per heavy atom. The molecule has 0 unspecified atom stereocenters. The van der Waals surface area contributed by atoms with Crippen molar-refractivity contribution in [3.05, 3.63) is 156 Å². The summed E-state index contributed by atoms with van der Waals surface area (Å²) in [5, 5.41) is 1.93. The number of aromatic nitrogens is 4. The van der Waals surface area contributed by atoms with Gasteiger partial charge in [0.15, 0.2) is 17.5 Å². The van der Waals surface area contributed by atoms with E-state index in [1.54, 1.807) is 18.2 Å². The number of nitrogens with zero attached hydrogens (tertiary/aromatic N) is 4. The molecule has 0 N–H and O–H groups in total. The first-order valence-corrected chi connectivity index (χ1v) is 16.7. The molecule has 0 aliphatic rings. The van der Waals surface area contributed by atoms with Gasteiger partial charge in [0.05, 0.1) is 22.2 Å². The van der Waals surface area contributed by atoms with Gasteiger partial charge in [-0.05, 0) is 85.6 Å². The Balaban J connectivity index is 1.46. The van der Waals surface area contributed by atoms with Crippen LogP contribution in [0.1, 0.15) is 22.3 Å². The van der Waals surface area contributed by atoms with Crippen LogP contribution in [0.5, 0.6) is 0 Å². The summed E-state index contributed by atoms with van der Waals surface area (Å²) in [6.07, 6.45) is -10.1. The van der Waals surface area contributed by atoms with Crippen LogP contribution in [0.2, 0.25) is 0 Å². The average molecular weight is 715 g/mol. The van der Waals surface area contributed by atoms with Crippen LogP contribution in [-0.2, 0) is 12.4 Å². The summed E-state index contributed by atoms with van der Waals surface area (Å²) in [7, 11) is 0. The van der Waals surface area contributed by atoms with Gasteiger partial charge in [-0.15, -0.1) is 0 Å². The topological polar surface area (TPSA) is 43.6 Å². The molecule has 4 nitrogen and oxygen atoms in total. The number of hydrogen-bond donors (Lipinski definition) is 0. The molecular weight excluding hydrogens is 686 g/mol. The number of benzene rings is 6. The maximum atomic E-state index is 14.3. The van der Waals surface area contributed by atoms with Gasteiger partial charge in [0.2, 0.25) is 0 Å². The third-order valence-electron chi connectivity index (χ3n) is 9.18. The maximum Gasteiger partial charge on any atom is 0.416 e. The molecule has 8 rings (SSSR count). The Morgan fingerprint density at radius 2 is 0.906 bits per heavy atom. The number of aryl methyl sites for hydroxylation is 2. The SMILES string of the molecule is Cc1ccc2c(c1)c1cc(C)ccc1n2-c1ccc(-c2nc(-c3ccccc3)nc(-c3ccccc3)n2)c(-c2cc(C(F)(F)F)cc(C(F)(F)F)c2)c1. The lowest BCUT2D eigenvalue weighted by molar-refractivity contribution is -0.143. The summed E-state index contributed by atoms with van der Waals surface area (Å²) in [5.41, 5.74) is 2.74. The highest BCUT2D eigenvalue weighted by molar-refractivity contribution is 6.10. The highest BCUT2D eigenvalue weighted by atomic mass is 19.4. The lowest BCUT2D eigenvalue weighted by atomic mass is 9.94. The van der Waals surface area contributed by atoms with Crippen molar-refractivity contribution in [3.8, 4) is 51.0 Å². The summed E-state index contributed by atoms with van der Waals surface area (Å²) in [4.78, 5) is 14.2.